The van der Waals surface area contributed by atoms with Crippen LogP contribution in [0.25, 0.3) is 33.3 Å². The van der Waals surface area contributed by atoms with Crippen LogP contribution in [-0.2, 0) is 6.42 Å². The van der Waals surface area contributed by atoms with E-state index >= 15 is 0 Å². The SMILES string of the molecule is C1=CC2=C(CC1)CCc1c2ccc2ccccc12.C=Cc1ccc2ccccc2n1. The number of aryl methyl sites for hydroxylation is 1. The van der Waals surface area contributed by atoms with Crippen molar-refractivity contribution in [3.63, 3.8) is 0 Å². The molecule has 2 aliphatic carbocycles. The van der Waals surface area contributed by atoms with Crippen molar-refractivity contribution in [2.75, 3.05) is 0 Å². The van der Waals surface area contributed by atoms with E-state index in [2.05, 4.69) is 72.2 Å². The highest BCUT2D eigenvalue weighted by Crippen LogP contribution is 2.39. The largest absolute Gasteiger partial charge is 0.248 e. The Hall–Kier alpha value is -3.45. The Balaban J connectivity index is 0.000000140. The second-order valence-electron chi connectivity index (χ2n) is 7.90. The summed E-state index contributed by atoms with van der Waals surface area (Å²) >= 11 is 0. The van der Waals surface area contributed by atoms with Crippen molar-refractivity contribution in [3.05, 3.63) is 114 Å². The van der Waals surface area contributed by atoms with Crippen molar-refractivity contribution in [1.29, 1.82) is 0 Å². The van der Waals surface area contributed by atoms with Crippen molar-refractivity contribution in [3.8, 4) is 0 Å². The van der Waals surface area contributed by atoms with Crippen molar-refractivity contribution < 1.29 is 0 Å². The summed E-state index contributed by atoms with van der Waals surface area (Å²) in [7, 11) is 0. The third-order valence-corrected chi connectivity index (χ3v) is 6.11. The third kappa shape index (κ3) is 3.48. The Labute approximate surface area is 178 Å². The van der Waals surface area contributed by atoms with Crippen LogP contribution in [0.4, 0.5) is 0 Å². The van der Waals surface area contributed by atoms with Crippen LogP contribution in [-0.4, -0.2) is 4.98 Å². The van der Waals surface area contributed by atoms with Gasteiger partial charge in [0, 0.05) is 5.39 Å². The normalized spacial score (nSPS) is 14.7. The minimum atomic E-state index is 0.925. The summed E-state index contributed by atoms with van der Waals surface area (Å²) in [6.45, 7) is 3.68. The number of rotatable bonds is 1. The third-order valence-electron chi connectivity index (χ3n) is 6.11. The molecule has 0 saturated carbocycles. The van der Waals surface area contributed by atoms with Gasteiger partial charge in [0.25, 0.3) is 0 Å². The number of hydrogen-bond donors (Lipinski definition) is 0. The van der Waals surface area contributed by atoms with Gasteiger partial charge in [-0.25, -0.2) is 4.98 Å². The van der Waals surface area contributed by atoms with Gasteiger partial charge in [-0.15, -0.1) is 0 Å². The number of fused-ring (bicyclic) bond motifs is 5. The van der Waals surface area contributed by atoms with Gasteiger partial charge in [0.1, 0.15) is 0 Å². The number of pyridine rings is 1. The van der Waals surface area contributed by atoms with Gasteiger partial charge in [0.2, 0.25) is 0 Å². The molecule has 0 aliphatic heterocycles. The Kier molecular flexibility index (Phi) is 5.03. The lowest BCUT2D eigenvalue weighted by Gasteiger charge is -2.25. The number of para-hydroxylation sites is 1. The first kappa shape index (κ1) is 18.6. The molecule has 0 unspecified atom stereocenters. The lowest BCUT2D eigenvalue weighted by atomic mass is 9.80. The van der Waals surface area contributed by atoms with Crippen molar-refractivity contribution in [1.82, 2.24) is 4.98 Å². The average molecular weight is 388 g/mol. The molecule has 0 spiro atoms. The fraction of sp³-hybridized carbons (Fsp3) is 0.138. The fourth-order valence-corrected chi connectivity index (χ4v) is 4.58. The minimum absolute atomic E-state index is 0.925. The van der Waals surface area contributed by atoms with Gasteiger partial charge in [-0.3, -0.25) is 0 Å². The number of nitrogens with zero attached hydrogens (tertiary/aromatic N) is 1. The Morgan fingerprint density at radius 2 is 1.57 bits per heavy atom. The summed E-state index contributed by atoms with van der Waals surface area (Å²) in [4.78, 5) is 4.38. The number of benzene rings is 3. The molecule has 0 N–H and O–H groups in total. The van der Waals surface area contributed by atoms with Crippen LogP contribution in [0.15, 0.2) is 97.1 Å². The zero-order chi connectivity index (χ0) is 20.3. The quantitative estimate of drug-likeness (QED) is 0.325. The standard InChI is InChI=1S/C18H16.C11H9N/c1-3-7-15-13(5-1)9-11-18-16-8-4-2-6-14(16)10-12-17(15)18;1-2-10-8-7-9-5-3-4-6-11(9)12-10/h1,3-5,7-9,11H,2,6,10,12H2;2-8H,1H2. The maximum atomic E-state index is 4.38. The predicted molar refractivity (Wildman–Crippen MR) is 129 cm³/mol. The van der Waals surface area contributed by atoms with Gasteiger partial charge in [-0.2, -0.15) is 0 Å². The summed E-state index contributed by atoms with van der Waals surface area (Å²) < 4.78 is 0. The van der Waals surface area contributed by atoms with E-state index in [-0.39, 0.29) is 0 Å². The van der Waals surface area contributed by atoms with E-state index in [1.165, 1.54) is 53.0 Å². The second kappa shape index (κ2) is 8.12. The van der Waals surface area contributed by atoms with Crippen LogP contribution in [0.5, 0.6) is 0 Å². The first-order chi connectivity index (χ1) is 14.8. The monoisotopic (exact) mass is 387 g/mol. The van der Waals surface area contributed by atoms with Gasteiger partial charge in [0.15, 0.2) is 0 Å². The number of aromatic nitrogens is 1. The van der Waals surface area contributed by atoms with E-state index in [1.54, 1.807) is 17.2 Å². The first-order valence-corrected chi connectivity index (χ1v) is 10.7. The molecule has 0 fully saturated rings. The van der Waals surface area contributed by atoms with Crippen molar-refractivity contribution in [2.45, 2.75) is 25.7 Å². The molecule has 0 bridgehead atoms. The van der Waals surface area contributed by atoms with Crippen LogP contribution in [0.2, 0.25) is 0 Å². The van der Waals surface area contributed by atoms with Gasteiger partial charge in [-0.05, 0) is 71.4 Å². The van der Waals surface area contributed by atoms with Gasteiger partial charge >= 0.3 is 0 Å². The summed E-state index contributed by atoms with van der Waals surface area (Å²) in [6.07, 6.45) is 11.4. The molecule has 4 aromatic rings. The van der Waals surface area contributed by atoms with E-state index < -0.39 is 0 Å². The molecular weight excluding hydrogens is 362 g/mol. The van der Waals surface area contributed by atoms with Gasteiger partial charge in [-0.1, -0.05) is 85.0 Å². The topological polar surface area (TPSA) is 12.9 Å². The van der Waals surface area contributed by atoms with E-state index in [4.69, 9.17) is 0 Å². The van der Waals surface area contributed by atoms with E-state index in [9.17, 15) is 0 Å². The van der Waals surface area contributed by atoms with Gasteiger partial charge < -0.3 is 0 Å². The summed E-state index contributed by atoms with van der Waals surface area (Å²) in [5.74, 6) is 0. The molecule has 1 aromatic heterocycles. The summed E-state index contributed by atoms with van der Waals surface area (Å²) in [5, 5.41) is 3.99. The molecule has 146 valence electrons. The van der Waals surface area contributed by atoms with Gasteiger partial charge in [0.05, 0.1) is 11.2 Å². The summed E-state index contributed by atoms with van der Waals surface area (Å²) in [5.41, 5.74) is 8.15. The fourth-order valence-electron chi connectivity index (χ4n) is 4.58. The molecule has 1 heteroatoms. The van der Waals surface area contributed by atoms with Crippen LogP contribution < -0.4 is 0 Å². The molecule has 2 aliphatic rings. The highest BCUT2D eigenvalue weighted by atomic mass is 14.7. The number of allylic oxidation sites excluding steroid dienone is 4. The molecular formula is C29H25N. The van der Waals surface area contributed by atoms with Crippen molar-refractivity contribution in [2.24, 2.45) is 0 Å². The maximum absolute atomic E-state index is 4.38. The molecule has 1 nitrogen and oxygen atoms in total. The lowest BCUT2D eigenvalue weighted by molar-refractivity contribution is 0.831. The highest BCUT2D eigenvalue weighted by Gasteiger charge is 2.20. The molecule has 3 aromatic carbocycles. The molecule has 30 heavy (non-hydrogen) atoms. The number of hydrogen-bond acceptors (Lipinski definition) is 1. The van der Waals surface area contributed by atoms with Crippen LogP contribution in [0.3, 0.4) is 0 Å². The predicted octanol–water partition coefficient (Wildman–Crippen LogP) is 7.77. The summed E-state index contributed by atoms with van der Waals surface area (Å²) in [6, 6.07) is 25.4. The Morgan fingerprint density at radius 1 is 0.767 bits per heavy atom. The van der Waals surface area contributed by atoms with Crippen LogP contribution in [0.1, 0.15) is 36.1 Å². The smallest absolute Gasteiger partial charge is 0.0709 e. The highest BCUT2D eigenvalue weighted by molar-refractivity contribution is 5.93. The second-order valence-corrected chi connectivity index (χ2v) is 7.90. The lowest BCUT2D eigenvalue weighted by Crippen LogP contribution is -2.06. The maximum Gasteiger partial charge on any atom is 0.0709 e. The van der Waals surface area contributed by atoms with Crippen LogP contribution >= 0.6 is 0 Å². The first-order valence-electron chi connectivity index (χ1n) is 10.7. The zero-order valence-corrected chi connectivity index (χ0v) is 17.1. The minimum Gasteiger partial charge on any atom is -0.248 e. The molecule has 1 heterocycles. The average Bonchev–Trinajstić information content (AvgIpc) is 2.83. The van der Waals surface area contributed by atoms with E-state index in [0.717, 1.165) is 11.2 Å². The Bertz CT molecular complexity index is 1310. The molecule has 6 rings (SSSR count). The van der Waals surface area contributed by atoms with E-state index in [0.29, 0.717) is 0 Å². The molecule has 0 saturated heterocycles. The van der Waals surface area contributed by atoms with E-state index in [1.807, 2.05) is 24.3 Å². The zero-order valence-electron chi connectivity index (χ0n) is 17.1. The Morgan fingerprint density at radius 3 is 2.47 bits per heavy atom. The molecule has 0 amide bonds. The molecule has 0 atom stereocenters. The van der Waals surface area contributed by atoms with Crippen molar-refractivity contribution >= 4 is 33.3 Å². The molecule has 0 radical (unpaired) electrons. The van der Waals surface area contributed by atoms with Crippen LogP contribution in [0, 0.1) is 0 Å².